The van der Waals surface area contributed by atoms with Gasteiger partial charge in [0.2, 0.25) is 0 Å². The Morgan fingerprint density at radius 2 is 1.39 bits per heavy atom. The Labute approximate surface area is 114 Å². The molecule has 2 rings (SSSR count). The second kappa shape index (κ2) is 4.87. The minimum absolute atomic E-state index is 0.00278. The number of hydrogen-bond donors (Lipinski definition) is 1. The Balaban J connectivity index is 2.65. The van der Waals surface area contributed by atoms with Gasteiger partial charge >= 0.3 is 0 Å². The highest BCUT2D eigenvalue weighted by atomic mass is 32.1. The van der Waals surface area contributed by atoms with Gasteiger partial charge in [0.15, 0.2) is 0 Å². The van der Waals surface area contributed by atoms with Gasteiger partial charge < -0.3 is 5.73 Å². The Kier molecular flexibility index (Phi) is 3.60. The smallest absolute Gasteiger partial charge is 0.0651 e. The summed E-state index contributed by atoms with van der Waals surface area (Å²) in [4.78, 5) is 1.24. The summed E-state index contributed by atoms with van der Waals surface area (Å²) in [5.74, 6) is 0. The summed E-state index contributed by atoms with van der Waals surface area (Å²) in [5, 5.41) is 2.09. The van der Waals surface area contributed by atoms with E-state index in [1.165, 1.54) is 38.3 Å². The van der Waals surface area contributed by atoms with Crippen molar-refractivity contribution < 1.29 is 0 Å². The molecule has 1 aromatic heterocycles. The van der Waals surface area contributed by atoms with E-state index in [9.17, 15) is 0 Å². The predicted octanol–water partition coefficient (Wildman–Crippen LogP) is 4.34. The van der Waals surface area contributed by atoms with Crippen LogP contribution in [0.1, 0.15) is 44.3 Å². The maximum atomic E-state index is 6.46. The van der Waals surface area contributed by atoms with Gasteiger partial charge in [-0.25, -0.2) is 0 Å². The van der Waals surface area contributed by atoms with Crippen molar-refractivity contribution in [3.05, 3.63) is 55.8 Å². The zero-order valence-electron chi connectivity index (χ0n) is 11.8. The molecule has 1 aromatic carbocycles. The average molecular weight is 259 g/mol. The number of thiophene rings is 1. The van der Waals surface area contributed by atoms with Gasteiger partial charge in [-0.05, 0) is 79.4 Å². The summed E-state index contributed by atoms with van der Waals surface area (Å²) in [6.07, 6.45) is 0. The van der Waals surface area contributed by atoms with Crippen LogP contribution in [0.4, 0.5) is 0 Å². The maximum absolute atomic E-state index is 6.46. The first-order valence-corrected chi connectivity index (χ1v) is 7.19. The quantitative estimate of drug-likeness (QED) is 0.853. The normalized spacial score (nSPS) is 12.8. The highest BCUT2D eigenvalue weighted by Gasteiger charge is 2.19. The fourth-order valence-corrected chi connectivity index (χ4v) is 3.34. The van der Waals surface area contributed by atoms with Gasteiger partial charge in [0.1, 0.15) is 0 Å². The molecule has 0 saturated heterocycles. The van der Waals surface area contributed by atoms with Crippen molar-refractivity contribution in [1.29, 1.82) is 0 Å². The van der Waals surface area contributed by atoms with Crippen LogP contribution in [0.2, 0.25) is 0 Å². The van der Waals surface area contributed by atoms with Crippen LogP contribution < -0.4 is 5.73 Å². The van der Waals surface area contributed by atoms with Crippen molar-refractivity contribution in [2.45, 2.75) is 40.7 Å². The topological polar surface area (TPSA) is 26.0 Å². The molecule has 0 radical (unpaired) electrons. The number of rotatable bonds is 2. The van der Waals surface area contributed by atoms with Gasteiger partial charge in [-0.2, -0.15) is 0 Å². The highest BCUT2D eigenvalue weighted by Crippen LogP contribution is 2.33. The zero-order chi connectivity index (χ0) is 13.4. The summed E-state index contributed by atoms with van der Waals surface area (Å²) >= 11 is 1.73. The lowest BCUT2D eigenvalue weighted by Crippen LogP contribution is -2.16. The van der Waals surface area contributed by atoms with E-state index in [0.29, 0.717) is 0 Å². The van der Waals surface area contributed by atoms with Gasteiger partial charge in [-0.1, -0.05) is 6.07 Å². The van der Waals surface area contributed by atoms with Crippen LogP contribution in [-0.4, -0.2) is 0 Å². The van der Waals surface area contributed by atoms with Gasteiger partial charge in [0, 0.05) is 4.88 Å². The van der Waals surface area contributed by atoms with E-state index in [-0.39, 0.29) is 6.04 Å². The van der Waals surface area contributed by atoms with Crippen molar-refractivity contribution in [3.63, 3.8) is 0 Å². The first-order valence-electron chi connectivity index (χ1n) is 6.31. The minimum atomic E-state index is 0.00278. The lowest BCUT2D eigenvalue weighted by atomic mass is 9.86. The van der Waals surface area contributed by atoms with Gasteiger partial charge in [-0.15, -0.1) is 11.3 Å². The molecule has 0 aliphatic heterocycles. The maximum Gasteiger partial charge on any atom is 0.0651 e. The van der Waals surface area contributed by atoms with E-state index in [2.05, 4.69) is 52.1 Å². The van der Waals surface area contributed by atoms with Gasteiger partial charge in [0.25, 0.3) is 0 Å². The highest BCUT2D eigenvalue weighted by molar-refractivity contribution is 7.10. The van der Waals surface area contributed by atoms with Crippen molar-refractivity contribution in [2.75, 3.05) is 0 Å². The minimum Gasteiger partial charge on any atom is -0.320 e. The number of hydrogen-bond acceptors (Lipinski definition) is 2. The first-order chi connectivity index (χ1) is 8.45. The van der Waals surface area contributed by atoms with Crippen LogP contribution in [-0.2, 0) is 0 Å². The van der Waals surface area contributed by atoms with Gasteiger partial charge in [0.05, 0.1) is 6.04 Å². The van der Waals surface area contributed by atoms with Crippen molar-refractivity contribution in [3.8, 4) is 0 Å². The van der Waals surface area contributed by atoms with E-state index in [0.717, 1.165) is 0 Å². The third kappa shape index (κ3) is 2.00. The monoisotopic (exact) mass is 259 g/mol. The van der Waals surface area contributed by atoms with E-state index < -0.39 is 0 Å². The molecule has 2 aromatic rings. The molecule has 0 aliphatic carbocycles. The predicted molar refractivity (Wildman–Crippen MR) is 80.5 cm³/mol. The molecule has 1 nitrogen and oxygen atoms in total. The Morgan fingerprint density at radius 1 is 0.889 bits per heavy atom. The lowest BCUT2D eigenvalue weighted by Gasteiger charge is -2.22. The Morgan fingerprint density at radius 3 is 1.83 bits per heavy atom. The fourth-order valence-electron chi connectivity index (χ4n) is 2.61. The van der Waals surface area contributed by atoms with Crippen LogP contribution in [0.3, 0.4) is 0 Å². The molecule has 2 heteroatoms. The SMILES string of the molecule is Cc1c(C)c(C)c([C@@H](N)c2cccs2)c(C)c1C. The van der Waals surface area contributed by atoms with Crippen LogP contribution in [0, 0.1) is 34.6 Å². The van der Waals surface area contributed by atoms with Crippen LogP contribution in [0.25, 0.3) is 0 Å². The Hall–Kier alpha value is -1.12. The summed E-state index contributed by atoms with van der Waals surface area (Å²) in [5.41, 5.74) is 14.6. The third-order valence-electron chi connectivity index (χ3n) is 4.22. The van der Waals surface area contributed by atoms with E-state index >= 15 is 0 Å². The zero-order valence-corrected chi connectivity index (χ0v) is 12.6. The van der Waals surface area contributed by atoms with E-state index in [4.69, 9.17) is 5.73 Å². The number of benzene rings is 1. The molecule has 1 heterocycles. The molecular formula is C16H21NS. The van der Waals surface area contributed by atoms with Crippen LogP contribution in [0.5, 0.6) is 0 Å². The van der Waals surface area contributed by atoms with E-state index in [1.54, 1.807) is 11.3 Å². The molecule has 2 N–H and O–H groups in total. The summed E-state index contributed by atoms with van der Waals surface area (Å²) in [7, 11) is 0. The molecule has 0 aliphatic rings. The van der Waals surface area contributed by atoms with E-state index in [1.807, 2.05) is 0 Å². The molecule has 0 bridgehead atoms. The standard InChI is InChI=1S/C16H21NS/c1-9-10(2)12(4)15(13(5)11(9)3)16(17)14-7-6-8-18-14/h6-8,16H,17H2,1-5H3/t16-/m0/s1. The largest absolute Gasteiger partial charge is 0.320 e. The van der Waals surface area contributed by atoms with Gasteiger partial charge in [-0.3, -0.25) is 0 Å². The molecule has 0 spiro atoms. The second-order valence-corrected chi connectivity index (χ2v) is 6.01. The molecule has 0 amide bonds. The summed E-state index contributed by atoms with van der Waals surface area (Å²) < 4.78 is 0. The average Bonchev–Trinajstić information content (AvgIpc) is 2.88. The Bertz CT molecular complexity index is 538. The molecular weight excluding hydrogens is 238 g/mol. The van der Waals surface area contributed by atoms with Crippen molar-refractivity contribution in [1.82, 2.24) is 0 Å². The third-order valence-corrected chi connectivity index (χ3v) is 5.17. The van der Waals surface area contributed by atoms with Crippen molar-refractivity contribution >= 4 is 11.3 Å². The molecule has 18 heavy (non-hydrogen) atoms. The van der Waals surface area contributed by atoms with Crippen molar-refractivity contribution in [2.24, 2.45) is 5.73 Å². The lowest BCUT2D eigenvalue weighted by molar-refractivity contribution is 0.861. The van der Waals surface area contributed by atoms with Crippen LogP contribution in [0.15, 0.2) is 17.5 Å². The molecule has 0 saturated carbocycles. The fraction of sp³-hybridized carbons (Fsp3) is 0.375. The molecule has 1 atom stereocenters. The second-order valence-electron chi connectivity index (χ2n) is 5.03. The first kappa shape index (κ1) is 13.3. The molecule has 0 unspecified atom stereocenters. The van der Waals surface area contributed by atoms with Crippen LogP contribution >= 0.6 is 11.3 Å². The summed E-state index contributed by atoms with van der Waals surface area (Å²) in [6.45, 7) is 11.0. The molecule has 96 valence electrons. The summed E-state index contributed by atoms with van der Waals surface area (Å²) in [6, 6.07) is 4.19. The molecule has 0 fully saturated rings. The number of nitrogens with two attached hydrogens (primary N) is 1.